The van der Waals surface area contributed by atoms with E-state index in [2.05, 4.69) is 309 Å². The third-order valence-corrected chi connectivity index (χ3v) is 17.3. The standard InChI is InChI=1S/C81H95N5O.Pt/c1-74(2,3)53-31-34-69-68(46-53)67-33-32-64(49-70(67)86(69)71-47-54(35-36-82-71)75(4,5)6)87-63-28-25-27-61(48-63)84-50-85(62-44-59(80(19,20)21)43-60(45-62)81(22,23)24)83-73(84)72-65(51-37-55(76(7,8)9)41-56(38-51)77(10,11)12)29-26-30-66(72)52-39-57(78(13,14)15)42-58(40-52)79(16,17)18;/h25-47H,1-24H3;/q-2;. The molecule has 0 aliphatic carbocycles. The molecule has 0 atom stereocenters. The maximum atomic E-state index is 7.00. The third-order valence-electron chi connectivity index (χ3n) is 17.3. The van der Waals surface area contributed by atoms with Gasteiger partial charge >= 0.3 is 0 Å². The first-order valence-electron chi connectivity index (χ1n) is 31.4. The maximum absolute atomic E-state index is 7.00. The van der Waals surface area contributed by atoms with Gasteiger partial charge in [-0.05, 0) is 134 Å². The van der Waals surface area contributed by atoms with E-state index in [9.17, 15) is 0 Å². The molecule has 10 rings (SSSR count). The second kappa shape index (κ2) is 22.9. The van der Waals surface area contributed by atoms with Crippen LogP contribution in [0, 0.1) is 18.5 Å². The minimum Gasteiger partial charge on any atom is -0.510 e. The predicted molar refractivity (Wildman–Crippen MR) is 366 cm³/mol. The van der Waals surface area contributed by atoms with Crippen molar-refractivity contribution in [2.75, 3.05) is 0 Å². The van der Waals surface area contributed by atoms with Crippen LogP contribution < -0.4 is 9.42 Å². The van der Waals surface area contributed by atoms with Gasteiger partial charge in [0.15, 0.2) is 5.82 Å². The average Bonchev–Trinajstić information content (AvgIpc) is 1.66. The Hall–Kier alpha value is -6.88. The Labute approximate surface area is 542 Å². The molecule has 0 N–H and O–H groups in total. The third kappa shape index (κ3) is 13.5. The number of ether oxygens (including phenoxy) is 1. The van der Waals surface area contributed by atoms with Gasteiger partial charge < -0.3 is 13.9 Å². The summed E-state index contributed by atoms with van der Waals surface area (Å²) in [5, 5.41) is 8.06. The Morgan fingerprint density at radius 3 is 1.33 bits per heavy atom. The fourth-order valence-electron chi connectivity index (χ4n) is 11.4. The van der Waals surface area contributed by atoms with Gasteiger partial charge in [0.05, 0.1) is 5.69 Å². The van der Waals surface area contributed by atoms with Crippen LogP contribution >= 0.6 is 0 Å². The summed E-state index contributed by atoms with van der Waals surface area (Å²) in [5.74, 6) is 2.66. The molecule has 7 heteroatoms. The van der Waals surface area contributed by atoms with Crippen molar-refractivity contribution in [3.63, 3.8) is 0 Å². The van der Waals surface area contributed by atoms with Crippen LogP contribution in [0.3, 0.4) is 0 Å². The van der Waals surface area contributed by atoms with Gasteiger partial charge in [-0.15, -0.1) is 34.8 Å². The predicted octanol–water partition coefficient (Wildman–Crippen LogP) is 21.2. The Morgan fingerprint density at radius 2 is 0.852 bits per heavy atom. The van der Waals surface area contributed by atoms with Gasteiger partial charge in [0, 0.05) is 49.8 Å². The number of nitrogens with zero attached hydrogens (tertiary/aromatic N) is 5. The van der Waals surface area contributed by atoms with Crippen LogP contribution in [0.4, 0.5) is 0 Å². The summed E-state index contributed by atoms with van der Waals surface area (Å²) in [4.78, 5) is 5.01. The molecular formula is C81H95N5OPt-2. The van der Waals surface area contributed by atoms with E-state index in [4.69, 9.17) is 14.8 Å². The summed E-state index contributed by atoms with van der Waals surface area (Å²) in [6.07, 6.45) is 5.80. The van der Waals surface area contributed by atoms with Crippen LogP contribution in [0.2, 0.25) is 0 Å². The molecule has 3 aromatic heterocycles. The summed E-state index contributed by atoms with van der Waals surface area (Å²) in [5.41, 5.74) is 18.2. The number of hydrogen-bond acceptors (Lipinski definition) is 3. The molecule has 0 saturated heterocycles. The van der Waals surface area contributed by atoms with Crippen LogP contribution in [-0.2, 0) is 64.4 Å². The Bertz CT molecular complexity index is 4070. The van der Waals surface area contributed by atoms with E-state index >= 15 is 0 Å². The average molecular weight is 1350 g/mol. The molecule has 0 bridgehead atoms. The molecule has 0 radical (unpaired) electrons. The summed E-state index contributed by atoms with van der Waals surface area (Å²) in [6, 6.07) is 57.2. The van der Waals surface area contributed by atoms with Crippen LogP contribution in [0.1, 0.15) is 211 Å². The topological polar surface area (TPSA) is 48.8 Å². The molecule has 88 heavy (non-hydrogen) atoms. The van der Waals surface area contributed by atoms with Crippen molar-refractivity contribution in [2.45, 2.75) is 209 Å². The van der Waals surface area contributed by atoms with Gasteiger partial charge in [0.2, 0.25) is 0 Å². The van der Waals surface area contributed by atoms with Crippen molar-refractivity contribution in [1.29, 1.82) is 0 Å². The second-order valence-corrected chi connectivity index (χ2v) is 32.8. The van der Waals surface area contributed by atoms with E-state index in [1.807, 2.05) is 29.1 Å². The van der Waals surface area contributed by atoms with Gasteiger partial charge in [0.1, 0.15) is 5.82 Å². The molecule has 0 unspecified atom stereocenters. The quantitative estimate of drug-likeness (QED) is 0.113. The van der Waals surface area contributed by atoms with Crippen LogP contribution in [0.15, 0.2) is 140 Å². The molecule has 0 fully saturated rings. The number of pyridine rings is 1. The first-order valence-corrected chi connectivity index (χ1v) is 31.4. The number of fused-ring (bicyclic) bond motifs is 3. The van der Waals surface area contributed by atoms with Gasteiger partial charge in [-0.1, -0.05) is 262 Å². The summed E-state index contributed by atoms with van der Waals surface area (Å²) >= 11 is 0. The molecule has 462 valence electrons. The van der Waals surface area contributed by atoms with Gasteiger partial charge in [-0.25, -0.2) is 4.98 Å². The van der Waals surface area contributed by atoms with Gasteiger partial charge in [0.25, 0.3) is 6.33 Å². The largest absolute Gasteiger partial charge is 0.510 e. The Balaban J connectivity index is 0.00000922. The number of aromatic nitrogens is 5. The number of hydrogen-bond donors (Lipinski definition) is 0. The first-order chi connectivity index (χ1) is 40.1. The fourth-order valence-corrected chi connectivity index (χ4v) is 11.4. The molecule has 0 aliphatic rings. The molecule has 0 aliphatic heterocycles. The zero-order chi connectivity index (χ0) is 63.5. The van der Waals surface area contributed by atoms with E-state index in [-0.39, 0.29) is 64.4 Å². The monoisotopic (exact) mass is 1350 g/mol. The van der Waals surface area contributed by atoms with E-state index in [1.165, 1.54) is 44.5 Å². The van der Waals surface area contributed by atoms with Crippen molar-refractivity contribution >= 4 is 21.8 Å². The summed E-state index contributed by atoms with van der Waals surface area (Å²) in [7, 11) is 0. The second-order valence-electron chi connectivity index (χ2n) is 32.8. The fraction of sp³-hybridized carbons (Fsp3) is 0.395. The van der Waals surface area contributed by atoms with Crippen molar-refractivity contribution < 1.29 is 30.5 Å². The van der Waals surface area contributed by atoms with Gasteiger partial charge in [-0.3, -0.25) is 0 Å². The SMILES string of the molecule is CC(C)(C)c1cc(-c2cccc(-c3cc(C(C)(C)C)cc(C(C)(C)C)c3)c2-c2n[n+](-c3cc(C(C)(C)C)cc(C(C)(C)C)c3)[c-]n2-c2[c-]c(Oc3[c-]c4c(cc3)c3cc(C(C)(C)C)ccc3n4-c3cc(C(C)(C)C)ccn3)ccc2)cc(C(C)(C)C)c1.[Pt]. The molecule has 7 aromatic carbocycles. The maximum Gasteiger partial charge on any atom is 0.272 e. The van der Waals surface area contributed by atoms with Crippen molar-refractivity contribution in [3.8, 4) is 62.3 Å². The Kier molecular flexibility index (Phi) is 17.0. The van der Waals surface area contributed by atoms with Crippen molar-refractivity contribution in [1.82, 2.24) is 19.2 Å². The van der Waals surface area contributed by atoms with E-state index in [0.29, 0.717) is 11.5 Å². The van der Waals surface area contributed by atoms with Crippen molar-refractivity contribution in [3.05, 3.63) is 203 Å². The first kappa shape index (κ1) is 65.6. The van der Waals surface area contributed by atoms with Crippen molar-refractivity contribution in [2.24, 2.45) is 0 Å². The molecule has 0 spiro atoms. The van der Waals surface area contributed by atoms with Gasteiger partial charge in [-0.2, -0.15) is 22.9 Å². The number of benzene rings is 7. The molecule has 6 nitrogen and oxygen atoms in total. The van der Waals surface area contributed by atoms with Crippen LogP contribution in [-0.4, -0.2) is 19.2 Å². The van der Waals surface area contributed by atoms with Crippen LogP contribution in [0.5, 0.6) is 11.5 Å². The van der Waals surface area contributed by atoms with E-state index < -0.39 is 0 Å². The smallest absolute Gasteiger partial charge is 0.272 e. The minimum absolute atomic E-state index is 0. The normalized spacial score (nSPS) is 13.1. The molecular weight excluding hydrogens is 1250 g/mol. The number of rotatable bonds is 8. The zero-order valence-corrected chi connectivity index (χ0v) is 59.5. The van der Waals surface area contributed by atoms with Crippen LogP contribution in [0.25, 0.3) is 72.6 Å². The molecule has 0 saturated carbocycles. The minimum atomic E-state index is -0.135. The Morgan fingerprint density at radius 1 is 0.409 bits per heavy atom. The summed E-state index contributed by atoms with van der Waals surface area (Å²) < 4.78 is 13.3. The zero-order valence-electron chi connectivity index (χ0n) is 57.2. The van der Waals surface area contributed by atoms with E-state index in [1.54, 1.807) is 0 Å². The molecule has 0 amide bonds. The van der Waals surface area contributed by atoms with E-state index in [0.717, 1.165) is 72.6 Å². The summed E-state index contributed by atoms with van der Waals surface area (Å²) in [6.45, 7) is 55.0. The molecule has 10 aromatic rings. The molecule has 3 heterocycles.